The average Bonchev–Trinajstić information content (AvgIpc) is 2.84. The highest BCUT2D eigenvalue weighted by molar-refractivity contribution is 7.92. The van der Waals surface area contributed by atoms with E-state index in [0.717, 1.165) is 5.69 Å². The molecule has 6 nitrogen and oxygen atoms in total. The largest absolute Gasteiger partial charge is 0.388 e. The molecular formula is C10H12N4O2S. The third kappa shape index (κ3) is 2.56. The van der Waals surface area contributed by atoms with Gasteiger partial charge < -0.3 is 10.3 Å². The fraction of sp³-hybridized carbons (Fsp3) is 0.100. The number of nitrogens with zero attached hydrogens (tertiary/aromatic N) is 1. The van der Waals surface area contributed by atoms with Crippen molar-refractivity contribution in [3.05, 3.63) is 36.8 Å². The number of imidazole rings is 1. The monoisotopic (exact) mass is 252 g/mol. The first-order chi connectivity index (χ1) is 8.12. The predicted molar refractivity (Wildman–Crippen MR) is 65.4 cm³/mol. The van der Waals surface area contributed by atoms with Gasteiger partial charge in [0.25, 0.3) is 10.0 Å². The van der Waals surface area contributed by atoms with Crippen LogP contribution >= 0.6 is 0 Å². The standard InChI is InChI=1S/C10H12N4O2S/c1-11-8-2-4-9(5-3-8)14-17(15,16)10-6-12-7-13-10/h2-7,11,14H,1H3,(H,12,13). The molecule has 0 amide bonds. The van der Waals surface area contributed by atoms with E-state index >= 15 is 0 Å². The summed E-state index contributed by atoms with van der Waals surface area (Å²) in [6.07, 6.45) is 2.57. The first kappa shape index (κ1) is 11.5. The van der Waals surface area contributed by atoms with Gasteiger partial charge in [0.1, 0.15) is 0 Å². The lowest BCUT2D eigenvalue weighted by atomic mass is 10.3. The second-order valence-corrected chi connectivity index (χ2v) is 5.00. The summed E-state index contributed by atoms with van der Waals surface area (Å²) in [4.78, 5) is 6.22. The van der Waals surface area contributed by atoms with Crippen LogP contribution in [0.3, 0.4) is 0 Å². The summed E-state index contributed by atoms with van der Waals surface area (Å²) < 4.78 is 26.1. The number of H-pyrrole nitrogens is 1. The van der Waals surface area contributed by atoms with Crippen LogP contribution < -0.4 is 10.0 Å². The van der Waals surface area contributed by atoms with Crippen LogP contribution in [0.4, 0.5) is 11.4 Å². The summed E-state index contributed by atoms with van der Waals surface area (Å²) in [6, 6.07) is 6.93. The number of rotatable bonds is 4. The molecule has 0 saturated heterocycles. The highest BCUT2D eigenvalue weighted by Gasteiger charge is 2.15. The van der Waals surface area contributed by atoms with Crippen molar-refractivity contribution in [2.24, 2.45) is 0 Å². The molecule has 0 spiro atoms. The Bertz CT molecular complexity index is 575. The summed E-state index contributed by atoms with van der Waals surface area (Å²) in [5.74, 6) is 0. The quantitative estimate of drug-likeness (QED) is 0.764. The molecule has 0 aliphatic heterocycles. The first-order valence-electron chi connectivity index (χ1n) is 4.91. The molecule has 3 N–H and O–H groups in total. The van der Waals surface area contributed by atoms with Crippen molar-refractivity contribution < 1.29 is 8.42 Å². The molecule has 1 heterocycles. The van der Waals surface area contributed by atoms with Gasteiger partial charge in [0.05, 0.1) is 12.5 Å². The van der Waals surface area contributed by atoms with Gasteiger partial charge in [-0.3, -0.25) is 4.72 Å². The zero-order chi connectivity index (χ0) is 12.3. The van der Waals surface area contributed by atoms with Gasteiger partial charge in [0.2, 0.25) is 0 Å². The molecule has 2 aromatic rings. The van der Waals surface area contributed by atoms with Crippen molar-refractivity contribution in [2.75, 3.05) is 17.1 Å². The van der Waals surface area contributed by atoms with Crippen LogP contribution in [-0.2, 0) is 10.0 Å². The van der Waals surface area contributed by atoms with E-state index in [1.807, 2.05) is 0 Å². The van der Waals surface area contributed by atoms with Gasteiger partial charge >= 0.3 is 0 Å². The van der Waals surface area contributed by atoms with Gasteiger partial charge in [-0.05, 0) is 24.3 Å². The number of anilines is 2. The topological polar surface area (TPSA) is 86.9 Å². The van der Waals surface area contributed by atoms with Gasteiger partial charge in [-0.2, -0.15) is 8.42 Å². The minimum Gasteiger partial charge on any atom is -0.388 e. The van der Waals surface area contributed by atoms with Gasteiger partial charge in [0, 0.05) is 18.4 Å². The Morgan fingerprint density at radius 1 is 1.18 bits per heavy atom. The van der Waals surface area contributed by atoms with Gasteiger partial charge in [0.15, 0.2) is 5.03 Å². The van der Waals surface area contributed by atoms with E-state index in [1.165, 1.54) is 12.5 Å². The van der Waals surface area contributed by atoms with Crippen LogP contribution in [0.5, 0.6) is 0 Å². The Balaban J connectivity index is 2.21. The molecule has 0 fully saturated rings. The highest BCUT2D eigenvalue weighted by Crippen LogP contribution is 2.16. The van der Waals surface area contributed by atoms with Crippen LogP contribution in [0.15, 0.2) is 41.8 Å². The molecular weight excluding hydrogens is 240 g/mol. The summed E-state index contributed by atoms with van der Waals surface area (Å²) in [6.45, 7) is 0. The molecule has 0 radical (unpaired) electrons. The van der Waals surface area contributed by atoms with Gasteiger partial charge in [-0.15, -0.1) is 0 Å². The average molecular weight is 252 g/mol. The van der Waals surface area contributed by atoms with Crippen molar-refractivity contribution in [3.63, 3.8) is 0 Å². The highest BCUT2D eigenvalue weighted by atomic mass is 32.2. The zero-order valence-electron chi connectivity index (χ0n) is 9.14. The number of aromatic amines is 1. The van der Waals surface area contributed by atoms with Crippen LogP contribution in [0.2, 0.25) is 0 Å². The van der Waals surface area contributed by atoms with Crippen LogP contribution in [-0.4, -0.2) is 25.4 Å². The Morgan fingerprint density at radius 2 is 1.82 bits per heavy atom. The maximum absolute atomic E-state index is 11.8. The molecule has 90 valence electrons. The molecule has 7 heteroatoms. The number of hydrogen-bond acceptors (Lipinski definition) is 4. The van der Waals surface area contributed by atoms with Gasteiger partial charge in [-0.25, -0.2) is 4.98 Å². The Kier molecular flexibility index (Phi) is 3.01. The molecule has 1 aromatic carbocycles. The summed E-state index contributed by atoms with van der Waals surface area (Å²) in [5.41, 5.74) is 1.41. The summed E-state index contributed by atoms with van der Waals surface area (Å²) >= 11 is 0. The minimum absolute atomic E-state index is 0.0372. The van der Waals surface area contributed by atoms with Crippen LogP contribution in [0.1, 0.15) is 0 Å². The molecule has 0 bridgehead atoms. The maximum atomic E-state index is 11.8. The van der Waals surface area contributed by atoms with Crippen molar-refractivity contribution >= 4 is 21.4 Å². The van der Waals surface area contributed by atoms with Crippen LogP contribution in [0, 0.1) is 0 Å². The van der Waals surface area contributed by atoms with E-state index in [0.29, 0.717) is 5.69 Å². The molecule has 1 aromatic heterocycles. The lowest BCUT2D eigenvalue weighted by Gasteiger charge is -2.06. The lowest BCUT2D eigenvalue weighted by molar-refractivity contribution is 0.598. The summed E-state index contributed by atoms with van der Waals surface area (Å²) in [5, 5.41) is 2.99. The molecule has 0 aliphatic carbocycles. The molecule has 17 heavy (non-hydrogen) atoms. The molecule has 2 rings (SSSR count). The fourth-order valence-corrected chi connectivity index (χ4v) is 2.27. The second-order valence-electron chi connectivity index (χ2n) is 3.35. The minimum atomic E-state index is -3.58. The smallest absolute Gasteiger partial charge is 0.278 e. The van der Waals surface area contributed by atoms with E-state index < -0.39 is 10.0 Å². The molecule has 0 saturated carbocycles. The number of sulfonamides is 1. The number of hydrogen-bond donors (Lipinski definition) is 3. The second kappa shape index (κ2) is 4.46. The number of benzene rings is 1. The lowest BCUT2D eigenvalue weighted by Crippen LogP contribution is -2.13. The molecule has 0 atom stereocenters. The van der Waals surface area contributed by atoms with E-state index in [1.54, 1.807) is 31.3 Å². The summed E-state index contributed by atoms with van der Waals surface area (Å²) in [7, 11) is -1.78. The normalized spacial score (nSPS) is 11.1. The van der Waals surface area contributed by atoms with Gasteiger partial charge in [-0.1, -0.05) is 0 Å². The zero-order valence-corrected chi connectivity index (χ0v) is 9.95. The number of aromatic nitrogens is 2. The van der Waals surface area contributed by atoms with Crippen molar-refractivity contribution in [2.45, 2.75) is 5.03 Å². The maximum Gasteiger partial charge on any atom is 0.278 e. The van der Waals surface area contributed by atoms with E-state index in [9.17, 15) is 8.42 Å². The first-order valence-corrected chi connectivity index (χ1v) is 6.39. The third-order valence-corrected chi connectivity index (χ3v) is 3.50. The Hall–Kier alpha value is -2.02. The Morgan fingerprint density at radius 3 is 2.35 bits per heavy atom. The third-order valence-electron chi connectivity index (χ3n) is 2.19. The molecule has 0 unspecified atom stereocenters. The van der Waals surface area contributed by atoms with E-state index in [4.69, 9.17) is 0 Å². The number of nitrogens with one attached hydrogen (secondary N) is 3. The molecule has 0 aliphatic rings. The predicted octanol–water partition coefficient (Wildman–Crippen LogP) is 1.25. The Labute approximate surface area is 99.1 Å². The SMILES string of the molecule is CNc1ccc(NS(=O)(=O)c2cnc[nH]2)cc1. The van der Waals surface area contributed by atoms with Crippen LogP contribution in [0.25, 0.3) is 0 Å². The van der Waals surface area contributed by atoms with E-state index in [2.05, 4.69) is 20.0 Å². The van der Waals surface area contributed by atoms with Crippen molar-refractivity contribution in [1.29, 1.82) is 0 Å². The van der Waals surface area contributed by atoms with Crippen molar-refractivity contribution in [1.82, 2.24) is 9.97 Å². The van der Waals surface area contributed by atoms with Crippen molar-refractivity contribution in [3.8, 4) is 0 Å². The van der Waals surface area contributed by atoms with E-state index in [-0.39, 0.29) is 5.03 Å². The fourth-order valence-electron chi connectivity index (χ4n) is 1.31.